The maximum Gasteiger partial charge on any atom is 0.124 e. The lowest BCUT2D eigenvalue weighted by Crippen LogP contribution is -2.19. The molecule has 0 radical (unpaired) electrons. The number of hydrogen-bond donors (Lipinski definition) is 1. The Morgan fingerprint density at radius 2 is 1.86 bits per heavy atom. The summed E-state index contributed by atoms with van der Waals surface area (Å²) in [5.41, 5.74) is 2.24. The minimum Gasteiger partial charge on any atom is -0.491 e. The molecule has 2 aromatic carbocycles. The molecule has 1 atom stereocenters. The number of para-hydroxylation sites is 1. The van der Waals surface area contributed by atoms with E-state index in [2.05, 4.69) is 40.0 Å². The SMILES string of the molecule is CNC(c1ccc(I)c(Cl)c1)c1ccccc1OC(C)C. The van der Waals surface area contributed by atoms with Crippen LogP contribution in [-0.4, -0.2) is 13.2 Å². The van der Waals surface area contributed by atoms with Crippen molar-refractivity contribution in [1.29, 1.82) is 0 Å². The average molecular weight is 416 g/mol. The summed E-state index contributed by atoms with van der Waals surface area (Å²) in [5, 5.41) is 4.13. The Morgan fingerprint density at radius 1 is 1.14 bits per heavy atom. The van der Waals surface area contributed by atoms with Crippen LogP contribution in [0.25, 0.3) is 0 Å². The van der Waals surface area contributed by atoms with E-state index >= 15 is 0 Å². The van der Waals surface area contributed by atoms with Gasteiger partial charge in [-0.05, 0) is 67.2 Å². The molecule has 2 aromatic rings. The molecular weight excluding hydrogens is 397 g/mol. The quantitative estimate of drug-likeness (QED) is 0.691. The van der Waals surface area contributed by atoms with Gasteiger partial charge in [-0.15, -0.1) is 0 Å². The highest BCUT2D eigenvalue weighted by Gasteiger charge is 2.17. The molecule has 2 rings (SSSR count). The molecule has 0 aliphatic heterocycles. The third kappa shape index (κ3) is 4.11. The molecule has 4 heteroatoms. The summed E-state index contributed by atoms with van der Waals surface area (Å²) >= 11 is 8.50. The first kappa shape index (κ1) is 16.6. The van der Waals surface area contributed by atoms with Crippen LogP contribution >= 0.6 is 34.2 Å². The van der Waals surface area contributed by atoms with Gasteiger partial charge in [-0.1, -0.05) is 35.9 Å². The molecule has 0 aromatic heterocycles. The van der Waals surface area contributed by atoms with Gasteiger partial charge in [0, 0.05) is 9.13 Å². The van der Waals surface area contributed by atoms with Crippen LogP contribution in [0.1, 0.15) is 31.0 Å². The van der Waals surface area contributed by atoms with E-state index in [0.29, 0.717) is 0 Å². The Labute approximate surface area is 145 Å². The van der Waals surface area contributed by atoms with Crippen molar-refractivity contribution < 1.29 is 4.74 Å². The lowest BCUT2D eigenvalue weighted by Gasteiger charge is -2.22. The predicted molar refractivity (Wildman–Crippen MR) is 97.3 cm³/mol. The van der Waals surface area contributed by atoms with E-state index in [1.165, 1.54) is 0 Å². The molecule has 0 saturated carbocycles. The average Bonchev–Trinajstić information content (AvgIpc) is 2.44. The standard InChI is InChI=1S/C17H19ClINO/c1-11(2)21-16-7-5-4-6-13(16)17(20-3)12-8-9-15(19)14(18)10-12/h4-11,17,20H,1-3H3. The molecule has 21 heavy (non-hydrogen) atoms. The zero-order valence-electron chi connectivity index (χ0n) is 12.4. The van der Waals surface area contributed by atoms with Crippen molar-refractivity contribution in [1.82, 2.24) is 5.32 Å². The maximum atomic E-state index is 6.26. The van der Waals surface area contributed by atoms with Crippen LogP contribution < -0.4 is 10.1 Å². The molecule has 0 heterocycles. The molecule has 0 fully saturated rings. The summed E-state index contributed by atoms with van der Waals surface area (Å²) in [6, 6.07) is 14.3. The number of ether oxygens (including phenoxy) is 1. The van der Waals surface area contributed by atoms with Crippen LogP contribution in [0, 0.1) is 3.57 Å². The van der Waals surface area contributed by atoms with Gasteiger partial charge in [0.05, 0.1) is 17.2 Å². The third-order valence-corrected chi connectivity index (χ3v) is 4.73. The van der Waals surface area contributed by atoms with Crippen molar-refractivity contribution in [3.63, 3.8) is 0 Å². The van der Waals surface area contributed by atoms with Gasteiger partial charge >= 0.3 is 0 Å². The van der Waals surface area contributed by atoms with Crippen molar-refractivity contribution in [3.05, 3.63) is 62.2 Å². The molecule has 0 spiro atoms. The minimum atomic E-state index is 0.0504. The van der Waals surface area contributed by atoms with Gasteiger partial charge in [0.25, 0.3) is 0 Å². The van der Waals surface area contributed by atoms with Crippen molar-refractivity contribution in [2.45, 2.75) is 26.0 Å². The van der Waals surface area contributed by atoms with Crippen LogP contribution in [0.5, 0.6) is 5.75 Å². The highest BCUT2D eigenvalue weighted by molar-refractivity contribution is 14.1. The van der Waals surface area contributed by atoms with Gasteiger partial charge in [-0.2, -0.15) is 0 Å². The summed E-state index contributed by atoms with van der Waals surface area (Å²) in [5.74, 6) is 0.904. The van der Waals surface area contributed by atoms with Crippen LogP contribution in [0.2, 0.25) is 5.02 Å². The smallest absolute Gasteiger partial charge is 0.124 e. The number of hydrogen-bond acceptors (Lipinski definition) is 2. The Balaban J connectivity index is 2.43. The Kier molecular flexibility index (Phi) is 5.90. The predicted octanol–water partition coefficient (Wildman–Crippen LogP) is 5.04. The van der Waals surface area contributed by atoms with E-state index < -0.39 is 0 Å². The number of rotatable bonds is 5. The summed E-state index contributed by atoms with van der Waals surface area (Å²) in [7, 11) is 1.95. The lowest BCUT2D eigenvalue weighted by atomic mass is 9.98. The van der Waals surface area contributed by atoms with E-state index in [1.54, 1.807) is 0 Å². The molecular formula is C17H19ClINO. The molecule has 1 N–H and O–H groups in total. The Bertz CT molecular complexity index is 615. The number of halogens is 2. The first-order chi connectivity index (χ1) is 10.0. The molecule has 112 valence electrons. The summed E-state index contributed by atoms with van der Waals surface area (Å²) < 4.78 is 6.98. The van der Waals surface area contributed by atoms with Crippen molar-refractivity contribution >= 4 is 34.2 Å². The van der Waals surface area contributed by atoms with Gasteiger partial charge in [0.2, 0.25) is 0 Å². The second-order valence-corrected chi connectivity index (χ2v) is 6.67. The van der Waals surface area contributed by atoms with Gasteiger partial charge in [0.1, 0.15) is 5.75 Å². The first-order valence-corrected chi connectivity index (χ1v) is 8.36. The molecule has 0 saturated heterocycles. The number of benzene rings is 2. The summed E-state index contributed by atoms with van der Waals surface area (Å²) in [6.07, 6.45) is 0.143. The van der Waals surface area contributed by atoms with E-state index in [9.17, 15) is 0 Å². The van der Waals surface area contributed by atoms with Gasteiger partial charge in [-0.25, -0.2) is 0 Å². The lowest BCUT2D eigenvalue weighted by molar-refractivity contribution is 0.238. The fourth-order valence-electron chi connectivity index (χ4n) is 2.27. The minimum absolute atomic E-state index is 0.0504. The molecule has 0 bridgehead atoms. The van der Waals surface area contributed by atoms with Crippen LogP contribution in [0.4, 0.5) is 0 Å². The van der Waals surface area contributed by atoms with Gasteiger partial charge in [0.15, 0.2) is 0 Å². The fraction of sp³-hybridized carbons (Fsp3) is 0.294. The fourth-order valence-corrected chi connectivity index (χ4v) is 2.80. The maximum absolute atomic E-state index is 6.26. The summed E-state index contributed by atoms with van der Waals surface area (Å²) in [4.78, 5) is 0. The molecule has 0 aliphatic carbocycles. The van der Waals surface area contributed by atoms with Crippen LogP contribution in [0.3, 0.4) is 0 Å². The molecule has 0 aliphatic rings. The van der Waals surface area contributed by atoms with E-state index in [0.717, 1.165) is 25.5 Å². The highest BCUT2D eigenvalue weighted by atomic mass is 127. The van der Waals surface area contributed by atoms with Crippen molar-refractivity contribution in [2.75, 3.05) is 7.05 Å². The van der Waals surface area contributed by atoms with Crippen LogP contribution in [0.15, 0.2) is 42.5 Å². The second kappa shape index (κ2) is 7.47. The van der Waals surface area contributed by atoms with Gasteiger partial charge in [-0.3, -0.25) is 0 Å². The Hall–Kier alpha value is -0.780. The Morgan fingerprint density at radius 3 is 2.48 bits per heavy atom. The highest BCUT2D eigenvalue weighted by Crippen LogP contribution is 2.32. The molecule has 1 unspecified atom stereocenters. The normalized spacial score (nSPS) is 12.5. The monoisotopic (exact) mass is 415 g/mol. The van der Waals surface area contributed by atoms with E-state index in [-0.39, 0.29) is 12.1 Å². The molecule has 0 amide bonds. The topological polar surface area (TPSA) is 21.3 Å². The van der Waals surface area contributed by atoms with E-state index in [4.69, 9.17) is 16.3 Å². The second-order valence-electron chi connectivity index (χ2n) is 5.10. The largest absolute Gasteiger partial charge is 0.491 e. The summed E-state index contributed by atoms with van der Waals surface area (Å²) in [6.45, 7) is 4.07. The zero-order valence-corrected chi connectivity index (χ0v) is 15.3. The zero-order chi connectivity index (χ0) is 15.4. The molecule has 2 nitrogen and oxygen atoms in total. The first-order valence-electron chi connectivity index (χ1n) is 6.90. The van der Waals surface area contributed by atoms with Crippen LogP contribution in [-0.2, 0) is 0 Å². The van der Waals surface area contributed by atoms with Crippen molar-refractivity contribution in [2.24, 2.45) is 0 Å². The third-order valence-electron chi connectivity index (χ3n) is 3.16. The number of nitrogens with one attached hydrogen (secondary N) is 1. The van der Waals surface area contributed by atoms with Crippen molar-refractivity contribution in [3.8, 4) is 5.75 Å². The van der Waals surface area contributed by atoms with E-state index in [1.807, 2.05) is 51.2 Å². The van der Waals surface area contributed by atoms with Gasteiger partial charge < -0.3 is 10.1 Å².